The van der Waals surface area contributed by atoms with E-state index in [0.29, 0.717) is 18.8 Å². The van der Waals surface area contributed by atoms with Crippen LogP contribution in [0.1, 0.15) is 12.2 Å². The first-order valence-corrected chi connectivity index (χ1v) is 3.61. The van der Waals surface area contributed by atoms with Gasteiger partial charge in [0.15, 0.2) is 0 Å². The summed E-state index contributed by atoms with van der Waals surface area (Å²) in [4.78, 5) is 10.1. The molecule has 0 fully saturated rings. The molecule has 66 valence electrons. The summed E-state index contributed by atoms with van der Waals surface area (Å²) < 4.78 is 4.78. The molecule has 1 aromatic heterocycles. The van der Waals surface area contributed by atoms with Gasteiger partial charge in [-0.05, 0) is 0 Å². The van der Waals surface area contributed by atoms with Crippen LogP contribution < -0.4 is 5.32 Å². The van der Waals surface area contributed by atoms with Crippen LogP contribution in [0.15, 0.2) is 16.8 Å². The molecule has 5 nitrogen and oxygen atoms in total. The van der Waals surface area contributed by atoms with Gasteiger partial charge < -0.3 is 14.9 Å². The molecule has 12 heavy (non-hydrogen) atoms. The van der Waals surface area contributed by atoms with E-state index in [1.54, 1.807) is 12.3 Å². The number of aromatic nitrogens is 1. The first kappa shape index (κ1) is 8.73. The number of rotatable bonds is 5. The molecule has 0 amide bonds. The predicted molar refractivity (Wildman–Crippen MR) is 40.5 cm³/mol. The van der Waals surface area contributed by atoms with Gasteiger partial charge in [0.1, 0.15) is 5.76 Å². The second kappa shape index (κ2) is 4.50. The van der Waals surface area contributed by atoms with Crippen molar-refractivity contribution < 1.29 is 14.4 Å². The molecule has 1 aromatic rings. The molecule has 0 saturated carbocycles. The maximum Gasteiger partial charge on any atom is 0.304 e. The van der Waals surface area contributed by atoms with E-state index in [-0.39, 0.29) is 6.42 Å². The van der Waals surface area contributed by atoms with Gasteiger partial charge in [0.05, 0.1) is 19.2 Å². The normalized spacial score (nSPS) is 10.0. The highest BCUT2D eigenvalue weighted by Crippen LogP contribution is 1.94. The smallest absolute Gasteiger partial charge is 0.304 e. The van der Waals surface area contributed by atoms with Gasteiger partial charge in [-0.2, -0.15) is 0 Å². The van der Waals surface area contributed by atoms with Gasteiger partial charge in [-0.15, -0.1) is 0 Å². The third-order valence-corrected chi connectivity index (χ3v) is 1.31. The zero-order valence-electron chi connectivity index (χ0n) is 6.49. The molecule has 0 aliphatic carbocycles. The SMILES string of the molecule is O=C(O)CCNCc1ccno1. The zero-order valence-corrected chi connectivity index (χ0v) is 6.49. The number of carbonyl (C=O) groups is 1. The second-order valence-electron chi connectivity index (χ2n) is 2.30. The minimum absolute atomic E-state index is 0.119. The Morgan fingerprint density at radius 3 is 3.17 bits per heavy atom. The van der Waals surface area contributed by atoms with E-state index in [0.717, 1.165) is 0 Å². The molecule has 0 radical (unpaired) electrons. The molecule has 0 aromatic carbocycles. The lowest BCUT2D eigenvalue weighted by Gasteiger charge is -1.97. The Labute approximate surface area is 69.4 Å². The highest BCUT2D eigenvalue weighted by atomic mass is 16.5. The van der Waals surface area contributed by atoms with E-state index in [1.807, 2.05) is 0 Å². The molecule has 0 atom stereocenters. The van der Waals surface area contributed by atoms with E-state index in [1.165, 1.54) is 0 Å². The number of nitrogens with zero attached hydrogens (tertiary/aromatic N) is 1. The monoisotopic (exact) mass is 170 g/mol. The quantitative estimate of drug-likeness (QED) is 0.619. The molecule has 0 bridgehead atoms. The van der Waals surface area contributed by atoms with Gasteiger partial charge in [-0.3, -0.25) is 4.79 Å². The van der Waals surface area contributed by atoms with Crippen LogP contribution in [0.4, 0.5) is 0 Å². The summed E-state index contributed by atoms with van der Waals surface area (Å²) >= 11 is 0. The van der Waals surface area contributed by atoms with Crippen molar-refractivity contribution in [2.45, 2.75) is 13.0 Å². The Morgan fingerprint density at radius 1 is 1.75 bits per heavy atom. The van der Waals surface area contributed by atoms with E-state index in [4.69, 9.17) is 9.63 Å². The topological polar surface area (TPSA) is 75.4 Å². The van der Waals surface area contributed by atoms with Crippen molar-refractivity contribution in [2.24, 2.45) is 0 Å². The van der Waals surface area contributed by atoms with Crippen molar-refractivity contribution >= 4 is 5.97 Å². The van der Waals surface area contributed by atoms with Crippen LogP contribution in [-0.4, -0.2) is 22.8 Å². The molecule has 0 spiro atoms. The molecule has 2 N–H and O–H groups in total. The van der Waals surface area contributed by atoms with Crippen molar-refractivity contribution in [2.75, 3.05) is 6.54 Å². The zero-order chi connectivity index (χ0) is 8.81. The maximum atomic E-state index is 10.1. The van der Waals surface area contributed by atoms with E-state index in [2.05, 4.69) is 10.5 Å². The molecule has 5 heteroatoms. The summed E-state index contributed by atoms with van der Waals surface area (Å²) in [5.74, 6) is -0.0968. The average molecular weight is 170 g/mol. The van der Waals surface area contributed by atoms with Crippen LogP contribution in [0.25, 0.3) is 0 Å². The summed E-state index contributed by atoms with van der Waals surface area (Å²) in [6, 6.07) is 1.73. The van der Waals surface area contributed by atoms with Gasteiger partial charge >= 0.3 is 5.97 Å². The van der Waals surface area contributed by atoms with Crippen LogP contribution >= 0.6 is 0 Å². The average Bonchev–Trinajstić information content (AvgIpc) is 2.49. The number of carboxylic acid groups (broad SMARTS) is 1. The number of nitrogens with one attached hydrogen (secondary N) is 1. The minimum atomic E-state index is -0.805. The summed E-state index contributed by atoms with van der Waals surface area (Å²) in [6.45, 7) is 0.962. The Balaban J connectivity index is 2.07. The number of carboxylic acids is 1. The lowest BCUT2D eigenvalue weighted by atomic mass is 10.4. The van der Waals surface area contributed by atoms with Gasteiger partial charge in [-0.1, -0.05) is 5.16 Å². The fourth-order valence-corrected chi connectivity index (χ4v) is 0.740. The minimum Gasteiger partial charge on any atom is -0.481 e. The Kier molecular flexibility index (Phi) is 3.28. The van der Waals surface area contributed by atoms with Crippen LogP contribution in [0.5, 0.6) is 0 Å². The van der Waals surface area contributed by atoms with Crippen molar-refractivity contribution in [3.63, 3.8) is 0 Å². The van der Waals surface area contributed by atoms with E-state index in [9.17, 15) is 4.79 Å². The van der Waals surface area contributed by atoms with Crippen molar-refractivity contribution in [3.8, 4) is 0 Å². The first-order chi connectivity index (χ1) is 5.79. The molecule has 1 heterocycles. The maximum absolute atomic E-state index is 10.1. The van der Waals surface area contributed by atoms with Crippen LogP contribution in [0.2, 0.25) is 0 Å². The molecular weight excluding hydrogens is 160 g/mol. The Morgan fingerprint density at radius 2 is 2.58 bits per heavy atom. The van der Waals surface area contributed by atoms with Crippen LogP contribution in [0.3, 0.4) is 0 Å². The van der Waals surface area contributed by atoms with Gasteiger partial charge in [0.2, 0.25) is 0 Å². The summed E-state index contributed by atoms with van der Waals surface area (Å²) in [5.41, 5.74) is 0. The van der Waals surface area contributed by atoms with Crippen molar-refractivity contribution in [1.82, 2.24) is 10.5 Å². The molecule has 0 unspecified atom stereocenters. The molecular formula is C7H10N2O3. The summed E-state index contributed by atoms with van der Waals surface area (Å²) in [7, 11) is 0. The first-order valence-electron chi connectivity index (χ1n) is 3.61. The van der Waals surface area contributed by atoms with Crippen LogP contribution in [0, 0.1) is 0 Å². The largest absolute Gasteiger partial charge is 0.481 e. The molecule has 1 rings (SSSR count). The molecule has 0 saturated heterocycles. The second-order valence-corrected chi connectivity index (χ2v) is 2.30. The Hall–Kier alpha value is -1.36. The highest BCUT2D eigenvalue weighted by Gasteiger charge is 1.97. The summed E-state index contributed by atoms with van der Waals surface area (Å²) in [6.07, 6.45) is 1.67. The number of aliphatic carboxylic acids is 1. The lowest BCUT2D eigenvalue weighted by Crippen LogP contribution is -2.17. The van der Waals surface area contributed by atoms with E-state index < -0.39 is 5.97 Å². The van der Waals surface area contributed by atoms with Crippen molar-refractivity contribution in [1.29, 1.82) is 0 Å². The molecule has 0 aliphatic heterocycles. The van der Waals surface area contributed by atoms with Crippen molar-refractivity contribution in [3.05, 3.63) is 18.0 Å². The third-order valence-electron chi connectivity index (χ3n) is 1.31. The predicted octanol–water partition coefficient (Wildman–Crippen LogP) is 0.239. The van der Waals surface area contributed by atoms with Gasteiger partial charge in [0.25, 0.3) is 0 Å². The lowest BCUT2D eigenvalue weighted by molar-refractivity contribution is -0.136. The molecule has 0 aliphatic rings. The Bertz CT molecular complexity index is 233. The van der Waals surface area contributed by atoms with E-state index >= 15 is 0 Å². The number of hydrogen-bond donors (Lipinski definition) is 2. The van der Waals surface area contributed by atoms with Gasteiger partial charge in [0, 0.05) is 12.6 Å². The fourth-order valence-electron chi connectivity index (χ4n) is 0.740. The standard InChI is InChI=1S/C7H10N2O3/c10-7(11)2-3-8-5-6-1-4-9-12-6/h1,4,8H,2-3,5H2,(H,10,11). The third kappa shape index (κ3) is 3.16. The fraction of sp³-hybridized carbons (Fsp3) is 0.429. The van der Waals surface area contributed by atoms with Gasteiger partial charge in [-0.25, -0.2) is 0 Å². The summed E-state index contributed by atoms with van der Waals surface area (Å²) in [5, 5.41) is 14.7. The number of hydrogen-bond acceptors (Lipinski definition) is 4. The highest BCUT2D eigenvalue weighted by molar-refractivity contribution is 5.66. The van der Waals surface area contributed by atoms with Crippen LogP contribution in [-0.2, 0) is 11.3 Å².